The molecule has 0 aromatic rings. The Labute approximate surface area is 84.1 Å². The molecule has 0 aliphatic heterocycles. The van der Waals surface area contributed by atoms with Gasteiger partial charge in [-0.25, -0.2) is 0 Å². The van der Waals surface area contributed by atoms with Crippen LogP contribution in [-0.4, -0.2) is 0 Å². The van der Waals surface area contributed by atoms with E-state index in [1.165, 1.54) is 25.7 Å². The van der Waals surface area contributed by atoms with Crippen molar-refractivity contribution in [2.45, 2.75) is 60.3 Å². The van der Waals surface area contributed by atoms with Crippen LogP contribution in [0.1, 0.15) is 60.3 Å². The van der Waals surface area contributed by atoms with E-state index in [2.05, 4.69) is 34.6 Å². The van der Waals surface area contributed by atoms with Gasteiger partial charge in [-0.05, 0) is 48.9 Å². The van der Waals surface area contributed by atoms with E-state index in [0.717, 1.165) is 17.8 Å². The van der Waals surface area contributed by atoms with Crippen molar-refractivity contribution in [1.82, 2.24) is 0 Å². The lowest BCUT2D eigenvalue weighted by atomic mass is 9.64. The molecule has 0 N–H and O–H groups in total. The maximum atomic E-state index is 2.50. The second-order valence-corrected chi connectivity index (χ2v) is 6.26. The van der Waals surface area contributed by atoms with Crippen LogP contribution in [0.15, 0.2) is 0 Å². The Kier molecular flexibility index (Phi) is 3.43. The quantitative estimate of drug-likeness (QED) is 0.590. The summed E-state index contributed by atoms with van der Waals surface area (Å²) in [4.78, 5) is 0. The smallest absolute Gasteiger partial charge is 0.0318 e. The highest BCUT2D eigenvalue weighted by molar-refractivity contribution is 4.85. The lowest BCUT2D eigenvalue weighted by Gasteiger charge is -2.41. The van der Waals surface area contributed by atoms with Gasteiger partial charge in [0, 0.05) is 0 Å². The van der Waals surface area contributed by atoms with Gasteiger partial charge in [-0.1, -0.05) is 34.6 Å². The van der Waals surface area contributed by atoms with Gasteiger partial charge in [0.1, 0.15) is 0 Å². The molecule has 0 heteroatoms. The molecule has 0 bridgehead atoms. The molecule has 1 saturated carbocycles. The summed E-state index contributed by atoms with van der Waals surface area (Å²) < 4.78 is 0. The standard InChI is InChI=1S/C13H26/c1-10(2)7-13(5)8-11(3)6-12(4)9-13/h10-12H,6-9H2,1-5H3. The molecule has 0 saturated heterocycles. The van der Waals surface area contributed by atoms with Gasteiger partial charge in [-0.3, -0.25) is 0 Å². The lowest BCUT2D eigenvalue weighted by molar-refractivity contribution is 0.0992. The van der Waals surface area contributed by atoms with Crippen LogP contribution in [0.25, 0.3) is 0 Å². The zero-order valence-electron chi connectivity index (χ0n) is 10.1. The number of hydrogen-bond donors (Lipinski definition) is 0. The van der Waals surface area contributed by atoms with Crippen LogP contribution in [0.4, 0.5) is 0 Å². The first-order valence-corrected chi connectivity index (χ1v) is 5.91. The highest BCUT2D eigenvalue weighted by Gasteiger charge is 2.33. The average molecular weight is 182 g/mol. The first kappa shape index (κ1) is 11.1. The summed E-state index contributed by atoms with van der Waals surface area (Å²) in [7, 11) is 0. The molecule has 0 aromatic carbocycles. The first-order chi connectivity index (χ1) is 5.91. The van der Waals surface area contributed by atoms with E-state index in [4.69, 9.17) is 0 Å². The van der Waals surface area contributed by atoms with Gasteiger partial charge in [-0.15, -0.1) is 0 Å². The third kappa shape index (κ3) is 3.32. The predicted molar refractivity (Wildman–Crippen MR) is 59.7 cm³/mol. The lowest BCUT2D eigenvalue weighted by Crippen LogP contribution is -2.30. The number of rotatable bonds is 2. The maximum Gasteiger partial charge on any atom is -0.0318 e. The summed E-state index contributed by atoms with van der Waals surface area (Å²) >= 11 is 0. The van der Waals surface area contributed by atoms with Crippen LogP contribution >= 0.6 is 0 Å². The van der Waals surface area contributed by atoms with Crippen molar-refractivity contribution in [3.63, 3.8) is 0 Å². The van der Waals surface area contributed by atoms with E-state index < -0.39 is 0 Å². The summed E-state index contributed by atoms with van der Waals surface area (Å²) in [6, 6.07) is 0. The summed E-state index contributed by atoms with van der Waals surface area (Å²) in [6.07, 6.45) is 5.78. The Balaban J connectivity index is 2.55. The van der Waals surface area contributed by atoms with Crippen molar-refractivity contribution >= 4 is 0 Å². The van der Waals surface area contributed by atoms with Crippen molar-refractivity contribution in [1.29, 1.82) is 0 Å². The van der Waals surface area contributed by atoms with Gasteiger partial charge >= 0.3 is 0 Å². The van der Waals surface area contributed by atoms with Gasteiger partial charge in [-0.2, -0.15) is 0 Å². The molecule has 78 valence electrons. The number of hydrogen-bond acceptors (Lipinski definition) is 0. The molecular weight excluding hydrogens is 156 g/mol. The summed E-state index contributed by atoms with van der Waals surface area (Å²) in [5, 5.41) is 0. The molecule has 0 nitrogen and oxygen atoms in total. The van der Waals surface area contributed by atoms with Crippen molar-refractivity contribution in [2.24, 2.45) is 23.2 Å². The topological polar surface area (TPSA) is 0 Å². The van der Waals surface area contributed by atoms with Crippen LogP contribution in [0.3, 0.4) is 0 Å². The van der Waals surface area contributed by atoms with E-state index in [1.54, 1.807) is 0 Å². The Hall–Kier alpha value is 0. The van der Waals surface area contributed by atoms with Crippen molar-refractivity contribution in [2.75, 3.05) is 0 Å². The molecular formula is C13H26. The van der Waals surface area contributed by atoms with E-state index in [1.807, 2.05) is 0 Å². The zero-order valence-corrected chi connectivity index (χ0v) is 10.1. The second-order valence-electron chi connectivity index (χ2n) is 6.26. The fourth-order valence-electron chi connectivity index (χ4n) is 3.77. The Morgan fingerprint density at radius 3 is 2.00 bits per heavy atom. The molecule has 13 heavy (non-hydrogen) atoms. The minimum Gasteiger partial charge on any atom is -0.0628 e. The van der Waals surface area contributed by atoms with Gasteiger partial charge in [0.2, 0.25) is 0 Å². The monoisotopic (exact) mass is 182 g/mol. The second kappa shape index (κ2) is 4.02. The van der Waals surface area contributed by atoms with E-state index >= 15 is 0 Å². The van der Waals surface area contributed by atoms with Gasteiger partial charge < -0.3 is 0 Å². The minimum absolute atomic E-state index is 0.644. The maximum absolute atomic E-state index is 2.50. The SMILES string of the molecule is CC(C)CC1(C)CC(C)CC(C)C1. The fraction of sp³-hybridized carbons (Fsp3) is 1.00. The third-order valence-corrected chi connectivity index (χ3v) is 3.39. The van der Waals surface area contributed by atoms with Crippen LogP contribution in [-0.2, 0) is 0 Å². The molecule has 0 radical (unpaired) electrons. The Morgan fingerprint density at radius 2 is 1.62 bits per heavy atom. The molecule has 0 aromatic heterocycles. The van der Waals surface area contributed by atoms with Crippen LogP contribution in [0.5, 0.6) is 0 Å². The van der Waals surface area contributed by atoms with Crippen LogP contribution in [0, 0.1) is 23.2 Å². The molecule has 1 rings (SSSR count). The van der Waals surface area contributed by atoms with Crippen molar-refractivity contribution in [3.05, 3.63) is 0 Å². The van der Waals surface area contributed by atoms with Crippen molar-refractivity contribution in [3.8, 4) is 0 Å². The van der Waals surface area contributed by atoms with Crippen LogP contribution in [0.2, 0.25) is 0 Å². The van der Waals surface area contributed by atoms with Crippen LogP contribution < -0.4 is 0 Å². The average Bonchev–Trinajstić information content (AvgIpc) is 1.77. The summed E-state index contributed by atoms with van der Waals surface area (Å²) in [6.45, 7) is 12.1. The normalized spacial score (nSPS) is 41.1. The van der Waals surface area contributed by atoms with E-state index in [-0.39, 0.29) is 0 Å². The molecule has 2 unspecified atom stereocenters. The molecule has 2 atom stereocenters. The molecule has 0 heterocycles. The van der Waals surface area contributed by atoms with Crippen molar-refractivity contribution < 1.29 is 0 Å². The van der Waals surface area contributed by atoms with E-state index in [0.29, 0.717) is 5.41 Å². The molecule has 0 amide bonds. The third-order valence-electron chi connectivity index (χ3n) is 3.39. The highest BCUT2D eigenvalue weighted by Crippen LogP contribution is 2.45. The van der Waals surface area contributed by atoms with E-state index in [9.17, 15) is 0 Å². The first-order valence-electron chi connectivity index (χ1n) is 5.91. The Morgan fingerprint density at radius 1 is 1.15 bits per heavy atom. The van der Waals surface area contributed by atoms with Gasteiger partial charge in [0.25, 0.3) is 0 Å². The molecule has 1 aliphatic rings. The van der Waals surface area contributed by atoms with Gasteiger partial charge in [0.05, 0.1) is 0 Å². The summed E-state index contributed by atoms with van der Waals surface area (Å²) in [5.74, 6) is 2.77. The molecule has 1 aliphatic carbocycles. The predicted octanol–water partition coefficient (Wildman–Crippen LogP) is 4.49. The largest absolute Gasteiger partial charge is 0.0628 e. The Bertz CT molecular complexity index is 142. The van der Waals surface area contributed by atoms with Gasteiger partial charge in [0.15, 0.2) is 0 Å². The zero-order chi connectivity index (χ0) is 10.1. The highest BCUT2D eigenvalue weighted by atomic mass is 14.4. The molecule has 1 fully saturated rings. The molecule has 0 spiro atoms. The summed E-state index contributed by atoms with van der Waals surface area (Å²) in [5.41, 5.74) is 0.644. The minimum atomic E-state index is 0.644. The fourth-order valence-corrected chi connectivity index (χ4v) is 3.77.